The minimum Gasteiger partial charge on any atom is -0.435 e. The highest BCUT2D eigenvalue weighted by Gasteiger charge is 2.05. The number of rotatable bonds is 4. The summed E-state index contributed by atoms with van der Waals surface area (Å²) in [5.74, 6) is 0.158. The van der Waals surface area contributed by atoms with E-state index < -0.39 is 6.61 Å². The monoisotopic (exact) mass is 285 g/mol. The molecule has 102 valence electrons. The molecule has 0 aliphatic rings. The third-order valence-corrected chi connectivity index (χ3v) is 2.58. The fraction of sp³-hybridized carbons (Fsp3) is 0.143. The molecule has 5 heteroatoms. The Kier molecular flexibility index (Phi) is 5.73. The fourth-order valence-corrected chi connectivity index (χ4v) is 1.69. The van der Waals surface area contributed by atoms with E-state index in [0.29, 0.717) is 6.54 Å². The minimum absolute atomic E-state index is 0. The van der Waals surface area contributed by atoms with Crippen molar-refractivity contribution in [1.82, 2.24) is 0 Å². The van der Waals surface area contributed by atoms with E-state index in [0.717, 1.165) is 16.7 Å². The van der Waals surface area contributed by atoms with Crippen molar-refractivity contribution in [3.05, 3.63) is 54.1 Å². The van der Waals surface area contributed by atoms with E-state index in [-0.39, 0.29) is 18.2 Å². The number of benzene rings is 2. The van der Waals surface area contributed by atoms with Crippen LogP contribution in [0.4, 0.5) is 8.78 Å². The van der Waals surface area contributed by atoms with E-state index in [1.165, 1.54) is 6.07 Å². The summed E-state index contributed by atoms with van der Waals surface area (Å²) in [5.41, 5.74) is 8.31. The third-order valence-electron chi connectivity index (χ3n) is 2.58. The van der Waals surface area contributed by atoms with Crippen LogP contribution >= 0.6 is 12.4 Å². The first-order chi connectivity index (χ1) is 8.69. The van der Waals surface area contributed by atoms with Gasteiger partial charge in [-0.2, -0.15) is 8.78 Å². The molecule has 0 spiro atoms. The van der Waals surface area contributed by atoms with Crippen molar-refractivity contribution < 1.29 is 13.5 Å². The van der Waals surface area contributed by atoms with Gasteiger partial charge in [-0.15, -0.1) is 12.4 Å². The van der Waals surface area contributed by atoms with Gasteiger partial charge in [-0.25, -0.2) is 0 Å². The Morgan fingerprint density at radius 2 is 1.68 bits per heavy atom. The van der Waals surface area contributed by atoms with E-state index in [4.69, 9.17) is 5.73 Å². The summed E-state index contributed by atoms with van der Waals surface area (Å²) in [6.07, 6.45) is 0. The van der Waals surface area contributed by atoms with Gasteiger partial charge in [0.2, 0.25) is 0 Å². The largest absolute Gasteiger partial charge is 0.435 e. The van der Waals surface area contributed by atoms with Gasteiger partial charge in [0, 0.05) is 6.54 Å². The van der Waals surface area contributed by atoms with Crippen LogP contribution in [0.2, 0.25) is 0 Å². The Hall–Kier alpha value is -1.65. The first-order valence-electron chi connectivity index (χ1n) is 5.53. The van der Waals surface area contributed by atoms with Crippen molar-refractivity contribution in [2.45, 2.75) is 13.2 Å². The van der Waals surface area contributed by atoms with E-state index in [1.807, 2.05) is 30.3 Å². The molecule has 0 radical (unpaired) electrons. The molecular formula is C14H14ClF2NO. The van der Waals surface area contributed by atoms with E-state index >= 15 is 0 Å². The van der Waals surface area contributed by atoms with Gasteiger partial charge in [-0.05, 0) is 28.8 Å². The quantitative estimate of drug-likeness (QED) is 0.926. The Labute approximate surface area is 116 Å². The van der Waals surface area contributed by atoms with Gasteiger partial charge in [0.15, 0.2) is 0 Å². The van der Waals surface area contributed by atoms with Crippen LogP contribution in [-0.2, 0) is 6.54 Å². The van der Waals surface area contributed by atoms with Crippen LogP contribution in [0.5, 0.6) is 5.75 Å². The second-order valence-corrected chi connectivity index (χ2v) is 3.81. The van der Waals surface area contributed by atoms with Gasteiger partial charge >= 0.3 is 6.61 Å². The molecule has 0 atom stereocenters. The molecule has 2 N–H and O–H groups in total. The van der Waals surface area contributed by atoms with Crippen LogP contribution in [-0.4, -0.2) is 6.61 Å². The first kappa shape index (κ1) is 15.4. The van der Waals surface area contributed by atoms with Crippen molar-refractivity contribution in [3.63, 3.8) is 0 Å². The SMILES string of the molecule is Cl.NCc1ccc(-c2cccc(OC(F)F)c2)cc1. The normalized spacial score (nSPS) is 10.1. The smallest absolute Gasteiger partial charge is 0.387 e. The Morgan fingerprint density at radius 3 is 2.26 bits per heavy atom. The molecule has 19 heavy (non-hydrogen) atoms. The molecule has 2 aromatic rings. The van der Waals surface area contributed by atoms with Crippen LogP contribution < -0.4 is 10.5 Å². The second kappa shape index (κ2) is 7.07. The lowest BCUT2D eigenvalue weighted by Gasteiger charge is -2.07. The molecule has 0 aromatic heterocycles. The van der Waals surface area contributed by atoms with Crippen molar-refractivity contribution in [3.8, 4) is 16.9 Å². The average molecular weight is 286 g/mol. The number of ether oxygens (including phenoxy) is 1. The molecule has 2 nitrogen and oxygen atoms in total. The molecule has 0 heterocycles. The molecule has 0 aliphatic heterocycles. The maximum atomic E-state index is 12.1. The predicted octanol–water partition coefficient (Wildman–Crippen LogP) is 3.84. The summed E-state index contributed by atoms with van der Waals surface area (Å²) in [4.78, 5) is 0. The number of alkyl halides is 2. The lowest BCUT2D eigenvalue weighted by Crippen LogP contribution is -2.01. The Bertz CT molecular complexity index is 517. The zero-order chi connectivity index (χ0) is 13.0. The van der Waals surface area contributed by atoms with Gasteiger partial charge in [0.05, 0.1) is 0 Å². The number of hydrogen-bond donors (Lipinski definition) is 1. The van der Waals surface area contributed by atoms with Crippen molar-refractivity contribution >= 4 is 12.4 Å². The van der Waals surface area contributed by atoms with Gasteiger partial charge in [-0.1, -0.05) is 36.4 Å². The van der Waals surface area contributed by atoms with Gasteiger partial charge < -0.3 is 10.5 Å². The molecule has 0 unspecified atom stereocenters. The summed E-state index contributed by atoms with van der Waals surface area (Å²) in [6, 6.07) is 14.3. The summed E-state index contributed by atoms with van der Waals surface area (Å²) in [7, 11) is 0. The lowest BCUT2D eigenvalue weighted by atomic mass is 10.0. The van der Waals surface area contributed by atoms with Crippen LogP contribution in [0.3, 0.4) is 0 Å². The fourth-order valence-electron chi connectivity index (χ4n) is 1.69. The second-order valence-electron chi connectivity index (χ2n) is 3.81. The van der Waals surface area contributed by atoms with Crippen LogP contribution in [0.15, 0.2) is 48.5 Å². The number of nitrogens with two attached hydrogens (primary N) is 1. The molecule has 0 saturated heterocycles. The van der Waals surface area contributed by atoms with E-state index in [2.05, 4.69) is 4.74 Å². The summed E-state index contributed by atoms with van der Waals surface area (Å²) < 4.78 is 28.6. The average Bonchev–Trinajstić information content (AvgIpc) is 2.38. The highest BCUT2D eigenvalue weighted by atomic mass is 35.5. The highest BCUT2D eigenvalue weighted by Crippen LogP contribution is 2.25. The van der Waals surface area contributed by atoms with E-state index in [1.54, 1.807) is 12.1 Å². The zero-order valence-corrected chi connectivity index (χ0v) is 10.9. The molecular weight excluding hydrogens is 272 g/mol. The Morgan fingerprint density at radius 1 is 1.00 bits per heavy atom. The van der Waals surface area contributed by atoms with Gasteiger partial charge in [0.1, 0.15) is 5.75 Å². The van der Waals surface area contributed by atoms with Crippen molar-refractivity contribution in [2.75, 3.05) is 0 Å². The number of hydrogen-bond acceptors (Lipinski definition) is 2. The molecule has 2 aromatic carbocycles. The van der Waals surface area contributed by atoms with Crippen LogP contribution in [0, 0.1) is 0 Å². The Balaban J connectivity index is 0.00000180. The van der Waals surface area contributed by atoms with Crippen LogP contribution in [0.25, 0.3) is 11.1 Å². The van der Waals surface area contributed by atoms with E-state index in [9.17, 15) is 8.78 Å². The summed E-state index contributed by atoms with van der Waals surface area (Å²) in [5, 5.41) is 0. The van der Waals surface area contributed by atoms with Gasteiger partial charge in [-0.3, -0.25) is 0 Å². The highest BCUT2D eigenvalue weighted by molar-refractivity contribution is 5.85. The number of halogens is 3. The van der Waals surface area contributed by atoms with Crippen LogP contribution in [0.1, 0.15) is 5.56 Å². The van der Waals surface area contributed by atoms with Gasteiger partial charge in [0.25, 0.3) is 0 Å². The van der Waals surface area contributed by atoms with Crippen molar-refractivity contribution in [1.29, 1.82) is 0 Å². The standard InChI is InChI=1S/C14H13F2NO.ClH/c15-14(16)18-13-3-1-2-12(8-13)11-6-4-10(9-17)5-7-11;/h1-8,14H,9,17H2;1H. The summed E-state index contributed by atoms with van der Waals surface area (Å²) >= 11 is 0. The van der Waals surface area contributed by atoms with Crippen molar-refractivity contribution in [2.24, 2.45) is 5.73 Å². The molecule has 0 saturated carbocycles. The third kappa shape index (κ3) is 4.19. The predicted molar refractivity (Wildman–Crippen MR) is 73.6 cm³/mol. The first-order valence-corrected chi connectivity index (χ1v) is 5.53. The topological polar surface area (TPSA) is 35.2 Å². The molecule has 0 bridgehead atoms. The molecule has 0 amide bonds. The molecule has 2 rings (SSSR count). The maximum absolute atomic E-state index is 12.1. The maximum Gasteiger partial charge on any atom is 0.387 e. The summed E-state index contributed by atoms with van der Waals surface area (Å²) in [6.45, 7) is -2.32. The lowest BCUT2D eigenvalue weighted by molar-refractivity contribution is -0.0498. The minimum atomic E-state index is -2.81. The zero-order valence-electron chi connectivity index (χ0n) is 10.1. The molecule has 0 fully saturated rings. The molecule has 0 aliphatic carbocycles.